The molecule has 2 heterocycles. The smallest absolute Gasteiger partial charge is 0.293 e. The molecule has 2 fully saturated rings. The van der Waals surface area contributed by atoms with E-state index in [1.165, 1.54) is 0 Å². The van der Waals surface area contributed by atoms with Crippen molar-refractivity contribution in [3.63, 3.8) is 0 Å². The number of para-hydroxylation sites is 2. The second-order valence-electron chi connectivity index (χ2n) is 8.26. The normalized spacial score (nSPS) is 18.3. The summed E-state index contributed by atoms with van der Waals surface area (Å²) in [7, 11) is 0. The van der Waals surface area contributed by atoms with Crippen molar-refractivity contribution in [2.45, 2.75) is 44.2 Å². The summed E-state index contributed by atoms with van der Waals surface area (Å²) in [6, 6.07) is 16.9. The van der Waals surface area contributed by atoms with Crippen LogP contribution in [0.15, 0.2) is 54.6 Å². The molecule has 1 amide bonds. The van der Waals surface area contributed by atoms with Crippen LogP contribution in [0.2, 0.25) is 0 Å². The molecular weight excluding hydrogens is 392 g/mol. The predicted octanol–water partition coefficient (Wildman–Crippen LogP) is 3.67. The summed E-state index contributed by atoms with van der Waals surface area (Å²) in [5.74, 6) is 1.32. The Balaban J connectivity index is 1.46. The lowest BCUT2D eigenvalue weighted by Gasteiger charge is -2.24. The van der Waals surface area contributed by atoms with Crippen molar-refractivity contribution in [2.24, 2.45) is 0 Å². The number of carbonyl (C=O) groups excluding carboxylic acids is 1. The number of carbonyl (C=O) groups is 1. The minimum atomic E-state index is -0.240. The van der Waals surface area contributed by atoms with E-state index >= 15 is 0 Å². The first-order chi connectivity index (χ1) is 15.2. The van der Waals surface area contributed by atoms with Gasteiger partial charge >= 0.3 is 0 Å². The molecule has 1 saturated carbocycles. The molecule has 31 heavy (non-hydrogen) atoms. The summed E-state index contributed by atoms with van der Waals surface area (Å²) >= 11 is 0. The number of hydrogen-bond donors (Lipinski definition) is 1. The Bertz CT molecular complexity index is 1060. The van der Waals surface area contributed by atoms with Crippen molar-refractivity contribution in [3.8, 4) is 11.4 Å². The molecule has 1 aromatic heterocycles. The summed E-state index contributed by atoms with van der Waals surface area (Å²) in [6.07, 6.45) is 4.04. The minimum absolute atomic E-state index is 0.00563. The van der Waals surface area contributed by atoms with Crippen LogP contribution >= 0.6 is 0 Å². The second kappa shape index (κ2) is 8.51. The van der Waals surface area contributed by atoms with Gasteiger partial charge in [0.15, 0.2) is 0 Å². The van der Waals surface area contributed by atoms with Gasteiger partial charge in [0.05, 0.1) is 11.8 Å². The molecule has 1 saturated heterocycles. The number of aromatic hydroxyl groups is 1. The Morgan fingerprint density at radius 1 is 1.10 bits per heavy atom. The molecule has 2 aliphatic rings. The Hall–Kier alpha value is -3.19. The minimum Gasteiger partial charge on any atom is -0.508 e. The molecule has 7 heteroatoms. The first-order valence-electron chi connectivity index (χ1n) is 10.9. The third kappa shape index (κ3) is 4.32. The van der Waals surface area contributed by atoms with Crippen LogP contribution in [0.1, 0.15) is 53.6 Å². The topological polar surface area (TPSA) is 80.5 Å². The monoisotopic (exact) mass is 418 g/mol. The Morgan fingerprint density at radius 3 is 2.58 bits per heavy atom. The summed E-state index contributed by atoms with van der Waals surface area (Å²) < 4.78 is 7.58. The highest BCUT2D eigenvalue weighted by Gasteiger charge is 2.33. The van der Waals surface area contributed by atoms with E-state index in [-0.39, 0.29) is 30.1 Å². The van der Waals surface area contributed by atoms with Gasteiger partial charge in [0.25, 0.3) is 5.91 Å². The predicted molar refractivity (Wildman–Crippen MR) is 115 cm³/mol. The number of phenols is 1. The van der Waals surface area contributed by atoms with Crippen molar-refractivity contribution >= 4 is 5.91 Å². The van der Waals surface area contributed by atoms with Crippen LogP contribution in [-0.4, -0.2) is 49.9 Å². The van der Waals surface area contributed by atoms with Gasteiger partial charge in [0, 0.05) is 31.2 Å². The molecule has 0 bridgehead atoms. The van der Waals surface area contributed by atoms with Crippen LogP contribution in [-0.2, 0) is 11.3 Å². The maximum absolute atomic E-state index is 13.5. The zero-order chi connectivity index (χ0) is 21.2. The van der Waals surface area contributed by atoms with E-state index < -0.39 is 0 Å². The summed E-state index contributed by atoms with van der Waals surface area (Å²) in [5, 5.41) is 14.9. The fourth-order valence-corrected chi connectivity index (χ4v) is 4.02. The van der Waals surface area contributed by atoms with Crippen molar-refractivity contribution in [2.75, 3.05) is 13.2 Å². The molecule has 0 spiro atoms. The van der Waals surface area contributed by atoms with Crippen molar-refractivity contribution in [1.29, 1.82) is 0 Å². The largest absolute Gasteiger partial charge is 0.508 e. The van der Waals surface area contributed by atoms with E-state index in [9.17, 15) is 9.90 Å². The van der Waals surface area contributed by atoms with Gasteiger partial charge in [-0.15, -0.1) is 5.10 Å². The second-order valence-corrected chi connectivity index (χ2v) is 8.26. The molecule has 0 radical (unpaired) electrons. The SMILES string of the molecule is O=C(c1nc(C2CC2)n(-c2ccccc2)n1)N(Cc1ccccc1O)CC1CCCO1. The maximum Gasteiger partial charge on any atom is 0.293 e. The molecule has 1 atom stereocenters. The lowest BCUT2D eigenvalue weighted by molar-refractivity contribution is 0.0496. The third-order valence-corrected chi connectivity index (χ3v) is 5.85. The number of ether oxygens (including phenoxy) is 1. The van der Waals surface area contributed by atoms with Gasteiger partial charge in [-0.25, -0.2) is 9.67 Å². The van der Waals surface area contributed by atoms with E-state index in [4.69, 9.17) is 4.74 Å². The van der Waals surface area contributed by atoms with E-state index in [1.807, 2.05) is 42.5 Å². The molecule has 2 aromatic carbocycles. The molecule has 5 rings (SSSR count). The van der Waals surface area contributed by atoms with Crippen LogP contribution in [0.5, 0.6) is 5.75 Å². The Labute approximate surface area is 181 Å². The van der Waals surface area contributed by atoms with Gasteiger partial charge < -0.3 is 14.7 Å². The maximum atomic E-state index is 13.5. The van der Waals surface area contributed by atoms with Crippen LogP contribution < -0.4 is 0 Å². The fraction of sp³-hybridized carbons (Fsp3) is 0.375. The van der Waals surface area contributed by atoms with E-state index in [1.54, 1.807) is 21.7 Å². The lowest BCUT2D eigenvalue weighted by atomic mass is 10.1. The zero-order valence-electron chi connectivity index (χ0n) is 17.4. The number of aromatic nitrogens is 3. The van der Waals surface area contributed by atoms with Crippen molar-refractivity contribution < 1.29 is 14.6 Å². The van der Waals surface area contributed by atoms with Gasteiger partial charge in [-0.2, -0.15) is 0 Å². The molecule has 1 unspecified atom stereocenters. The summed E-state index contributed by atoms with van der Waals surface area (Å²) in [6.45, 7) is 1.45. The van der Waals surface area contributed by atoms with Crippen LogP contribution in [0.4, 0.5) is 0 Å². The standard InChI is InChI=1S/C24H26N4O3/c29-21-11-5-4-7-18(21)15-27(16-20-10-6-14-31-20)24(30)22-25-23(17-12-13-17)28(26-22)19-8-2-1-3-9-19/h1-5,7-9,11,17,20,29H,6,10,12-16H2. The van der Waals surface area contributed by atoms with Gasteiger partial charge in [0.2, 0.25) is 5.82 Å². The average Bonchev–Trinajstić information content (AvgIpc) is 3.32. The number of amides is 1. The van der Waals surface area contributed by atoms with Gasteiger partial charge in [-0.05, 0) is 43.9 Å². The average molecular weight is 418 g/mol. The highest BCUT2D eigenvalue weighted by atomic mass is 16.5. The van der Waals surface area contributed by atoms with Crippen LogP contribution in [0, 0.1) is 0 Å². The molecule has 160 valence electrons. The lowest BCUT2D eigenvalue weighted by Crippen LogP contribution is -2.37. The molecule has 1 N–H and O–H groups in total. The molecule has 7 nitrogen and oxygen atoms in total. The molecular formula is C24H26N4O3. The number of hydrogen-bond acceptors (Lipinski definition) is 5. The number of nitrogens with zero attached hydrogens (tertiary/aromatic N) is 4. The highest BCUT2D eigenvalue weighted by molar-refractivity contribution is 5.90. The first kappa shape index (κ1) is 19.8. The van der Waals surface area contributed by atoms with Gasteiger partial charge in [-0.3, -0.25) is 4.79 Å². The quantitative estimate of drug-likeness (QED) is 0.633. The Morgan fingerprint density at radius 2 is 1.87 bits per heavy atom. The van der Waals surface area contributed by atoms with E-state index in [0.717, 1.165) is 43.8 Å². The van der Waals surface area contributed by atoms with E-state index in [0.29, 0.717) is 18.0 Å². The summed E-state index contributed by atoms with van der Waals surface area (Å²) in [5.41, 5.74) is 1.60. The van der Waals surface area contributed by atoms with Gasteiger partial charge in [-0.1, -0.05) is 36.4 Å². The molecule has 3 aromatic rings. The van der Waals surface area contributed by atoms with Crippen LogP contribution in [0.25, 0.3) is 5.69 Å². The number of rotatable bonds is 7. The van der Waals surface area contributed by atoms with Crippen LogP contribution in [0.3, 0.4) is 0 Å². The zero-order valence-corrected chi connectivity index (χ0v) is 17.4. The van der Waals surface area contributed by atoms with Crippen molar-refractivity contribution in [3.05, 3.63) is 71.8 Å². The van der Waals surface area contributed by atoms with Crippen molar-refractivity contribution in [1.82, 2.24) is 19.7 Å². The first-order valence-corrected chi connectivity index (χ1v) is 10.9. The highest BCUT2D eigenvalue weighted by Crippen LogP contribution is 2.39. The van der Waals surface area contributed by atoms with Gasteiger partial charge in [0.1, 0.15) is 11.6 Å². The third-order valence-electron chi connectivity index (χ3n) is 5.85. The fourth-order valence-electron chi connectivity index (χ4n) is 4.02. The van der Waals surface area contributed by atoms with E-state index in [2.05, 4.69) is 10.1 Å². The number of phenolic OH excluding ortho intramolecular Hbond substituents is 1. The molecule has 1 aliphatic carbocycles. The molecule has 1 aliphatic heterocycles. The number of benzene rings is 2. The summed E-state index contributed by atoms with van der Waals surface area (Å²) in [4.78, 5) is 19.9. The Kier molecular flexibility index (Phi) is 5.42.